The third kappa shape index (κ3) is 2.93. The molecule has 0 aliphatic heterocycles. The van der Waals surface area contributed by atoms with Gasteiger partial charge in [-0.25, -0.2) is 4.39 Å². The van der Waals surface area contributed by atoms with Crippen molar-refractivity contribution in [3.63, 3.8) is 0 Å². The van der Waals surface area contributed by atoms with Crippen LogP contribution < -0.4 is 10.1 Å². The molecule has 0 heterocycles. The lowest BCUT2D eigenvalue weighted by molar-refractivity contribution is 0.371. The molecular weight excluding hydrogens is 200 g/mol. The lowest BCUT2D eigenvalue weighted by atomic mass is 10.2. The zero-order valence-corrected chi connectivity index (χ0v) is 8.53. The van der Waals surface area contributed by atoms with E-state index in [-0.39, 0.29) is 5.75 Å². The van der Waals surface area contributed by atoms with E-state index in [1.807, 2.05) is 0 Å². The van der Waals surface area contributed by atoms with Gasteiger partial charge in [-0.3, -0.25) is 0 Å². The molecule has 0 fully saturated rings. The van der Waals surface area contributed by atoms with Crippen molar-refractivity contribution >= 4 is 0 Å². The van der Waals surface area contributed by atoms with E-state index in [0.29, 0.717) is 12.1 Å². The molecule has 0 bridgehead atoms. The van der Waals surface area contributed by atoms with Crippen molar-refractivity contribution in [3.8, 4) is 17.6 Å². The van der Waals surface area contributed by atoms with Gasteiger partial charge in [-0.05, 0) is 19.2 Å². The van der Waals surface area contributed by atoms with Crippen molar-refractivity contribution in [1.29, 1.82) is 0 Å². The highest BCUT2D eigenvalue weighted by molar-refractivity contribution is 5.41. The number of benzene rings is 1. The summed E-state index contributed by atoms with van der Waals surface area (Å²) >= 11 is 0. The first-order chi connectivity index (χ1) is 7.19. The monoisotopic (exact) mass is 211 g/mol. The molecule has 0 radical (unpaired) electrons. The summed E-state index contributed by atoms with van der Waals surface area (Å²) < 4.78 is 30.7. The third-order valence-corrected chi connectivity index (χ3v) is 1.71. The van der Waals surface area contributed by atoms with E-state index >= 15 is 0 Å². The molecule has 0 amide bonds. The highest BCUT2D eigenvalue weighted by atomic mass is 19.2. The minimum absolute atomic E-state index is 0.135. The molecule has 1 aromatic carbocycles. The second-order valence-corrected chi connectivity index (χ2v) is 2.81. The minimum Gasteiger partial charge on any atom is -0.494 e. The quantitative estimate of drug-likeness (QED) is 0.749. The Morgan fingerprint density at radius 2 is 2.13 bits per heavy atom. The fraction of sp³-hybridized carbons (Fsp3) is 0.273. The molecule has 2 nitrogen and oxygen atoms in total. The van der Waals surface area contributed by atoms with Crippen LogP contribution in [0.1, 0.15) is 5.56 Å². The normalized spacial score (nSPS) is 9.33. The standard InChI is InChI=1S/C11H11F2NO/c1-14-5-3-4-8-6-9(12)11(13)10(7-8)15-2/h6-7,14H,5H2,1-2H3. The lowest BCUT2D eigenvalue weighted by Gasteiger charge is -2.02. The Bertz CT molecular complexity index is 407. The van der Waals surface area contributed by atoms with Crippen LogP contribution in [0.5, 0.6) is 5.75 Å². The third-order valence-electron chi connectivity index (χ3n) is 1.71. The molecule has 1 N–H and O–H groups in total. The highest BCUT2D eigenvalue weighted by Crippen LogP contribution is 2.21. The summed E-state index contributed by atoms with van der Waals surface area (Å²) in [6.07, 6.45) is 0. The number of nitrogens with one attached hydrogen (secondary N) is 1. The van der Waals surface area contributed by atoms with E-state index < -0.39 is 11.6 Å². The summed E-state index contributed by atoms with van der Waals surface area (Å²) in [5, 5.41) is 2.82. The Morgan fingerprint density at radius 3 is 2.73 bits per heavy atom. The number of hydrogen-bond donors (Lipinski definition) is 1. The van der Waals surface area contributed by atoms with E-state index in [2.05, 4.69) is 21.9 Å². The summed E-state index contributed by atoms with van der Waals surface area (Å²) in [5.74, 6) is 3.35. The topological polar surface area (TPSA) is 21.3 Å². The highest BCUT2D eigenvalue weighted by Gasteiger charge is 2.09. The number of hydrogen-bond acceptors (Lipinski definition) is 2. The predicted octanol–water partition coefficient (Wildman–Crippen LogP) is 1.54. The summed E-state index contributed by atoms with van der Waals surface area (Å²) in [6, 6.07) is 2.40. The molecule has 0 saturated carbocycles. The molecule has 15 heavy (non-hydrogen) atoms. The van der Waals surface area contributed by atoms with E-state index in [0.717, 1.165) is 6.07 Å². The summed E-state index contributed by atoms with van der Waals surface area (Å²) in [4.78, 5) is 0. The van der Waals surface area contributed by atoms with Gasteiger partial charge >= 0.3 is 0 Å². The average molecular weight is 211 g/mol. The van der Waals surface area contributed by atoms with Crippen molar-refractivity contribution in [2.24, 2.45) is 0 Å². The van der Waals surface area contributed by atoms with Gasteiger partial charge in [-0.15, -0.1) is 0 Å². The Labute approximate surface area is 87.2 Å². The first-order valence-electron chi connectivity index (χ1n) is 4.35. The first-order valence-corrected chi connectivity index (χ1v) is 4.35. The van der Waals surface area contributed by atoms with Gasteiger partial charge in [0.2, 0.25) is 5.82 Å². The van der Waals surface area contributed by atoms with E-state index in [9.17, 15) is 8.78 Å². The van der Waals surface area contributed by atoms with Gasteiger partial charge in [-0.1, -0.05) is 11.8 Å². The predicted molar refractivity (Wildman–Crippen MR) is 53.7 cm³/mol. The van der Waals surface area contributed by atoms with Crippen molar-refractivity contribution in [2.75, 3.05) is 20.7 Å². The largest absolute Gasteiger partial charge is 0.494 e. The van der Waals surface area contributed by atoms with Crippen LogP contribution in [0.2, 0.25) is 0 Å². The summed E-state index contributed by atoms with van der Waals surface area (Å²) in [7, 11) is 3.03. The fourth-order valence-corrected chi connectivity index (χ4v) is 1.02. The van der Waals surface area contributed by atoms with Gasteiger partial charge in [0.25, 0.3) is 0 Å². The van der Waals surface area contributed by atoms with Gasteiger partial charge < -0.3 is 10.1 Å². The minimum atomic E-state index is -0.989. The number of rotatable bonds is 2. The molecule has 1 rings (SSSR count). The Balaban J connectivity index is 3.02. The molecule has 0 spiro atoms. The second kappa shape index (κ2) is 5.32. The number of halogens is 2. The zero-order chi connectivity index (χ0) is 11.3. The SMILES string of the molecule is CNCC#Cc1cc(F)c(F)c(OC)c1. The smallest absolute Gasteiger partial charge is 0.200 e. The molecule has 0 aromatic heterocycles. The van der Waals surface area contributed by atoms with Gasteiger partial charge in [0.15, 0.2) is 11.6 Å². The van der Waals surface area contributed by atoms with E-state index in [4.69, 9.17) is 0 Å². The zero-order valence-electron chi connectivity index (χ0n) is 8.53. The fourth-order valence-electron chi connectivity index (χ4n) is 1.02. The van der Waals surface area contributed by atoms with Crippen LogP contribution >= 0.6 is 0 Å². The molecular formula is C11H11F2NO. The van der Waals surface area contributed by atoms with E-state index in [1.54, 1.807) is 7.05 Å². The second-order valence-electron chi connectivity index (χ2n) is 2.81. The van der Waals surface area contributed by atoms with E-state index in [1.165, 1.54) is 13.2 Å². The van der Waals surface area contributed by atoms with Crippen LogP contribution in [0.4, 0.5) is 8.78 Å². The van der Waals surface area contributed by atoms with Crippen molar-refractivity contribution in [3.05, 3.63) is 29.3 Å². The summed E-state index contributed by atoms with van der Waals surface area (Å²) in [5.41, 5.74) is 0.390. The number of methoxy groups -OCH3 is 1. The lowest BCUT2D eigenvalue weighted by Crippen LogP contribution is -2.04. The van der Waals surface area contributed by atoms with Crippen LogP contribution in [0.15, 0.2) is 12.1 Å². The van der Waals surface area contributed by atoms with Crippen molar-refractivity contribution in [2.45, 2.75) is 0 Å². The van der Waals surface area contributed by atoms with Crippen LogP contribution in [0.25, 0.3) is 0 Å². The van der Waals surface area contributed by atoms with Crippen LogP contribution in [0, 0.1) is 23.5 Å². The maximum atomic E-state index is 13.0. The van der Waals surface area contributed by atoms with Crippen LogP contribution in [0.3, 0.4) is 0 Å². The molecule has 80 valence electrons. The van der Waals surface area contributed by atoms with Crippen molar-refractivity contribution < 1.29 is 13.5 Å². The maximum absolute atomic E-state index is 13.0. The Hall–Kier alpha value is -1.60. The van der Waals surface area contributed by atoms with Gasteiger partial charge in [0.05, 0.1) is 13.7 Å². The molecule has 1 aromatic rings. The van der Waals surface area contributed by atoms with Crippen LogP contribution in [-0.2, 0) is 0 Å². The maximum Gasteiger partial charge on any atom is 0.200 e. The average Bonchev–Trinajstić information content (AvgIpc) is 2.23. The molecule has 4 heteroatoms. The van der Waals surface area contributed by atoms with Crippen LogP contribution in [-0.4, -0.2) is 20.7 Å². The molecule has 0 aliphatic rings. The molecule has 0 saturated heterocycles. The van der Waals surface area contributed by atoms with Crippen molar-refractivity contribution in [1.82, 2.24) is 5.32 Å². The molecule has 0 aliphatic carbocycles. The molecule has 0 unspecified atom stereocenters. The van der Waals surface area contributed by atoms with Gasteiger partial charge in [-0.2, -0.15) is 4.39 Å². The van der Waals surface area contributed by atoms with Gasteiger partial charge in [0.1, 0.15) is 0 Å². The Morgan fingerprint density at radius 1 is 1.40 bits per heavy atom. The molecule has 0 atom stereocenters. The Kier molecular flexibility index (Phi) is 4.07. The first kappa shape index (κ1) is 11.5. The summed E-state index contributed by atoms with van der Waals surface area (Å²) in [6.45, 7) is 0.487. The van der Waals surface area contributed by atoms with Gasteiger partial charge in [0, 0.05) is 5.56 Å². The number of ether oxygens (including phenoxy) is 1.